The van der Waals surface area contributed by atoms with Gasteiger partial charge >= 0.3 is 0 Å². The van der Waals surface area contributed by atoms with Crippen molar-refractivity contribution < 1.29 is 9.53 Å². The molecule has 0 saturated heterocycles. The summed E-state index contributed by atoms with van der Waals surface area (Å²) in [6, 6.07) is 28.6. The molecule has 0 saturated carbocycles. The van der Waals surface area contributed by atoms with E-state index in [0.717, 1.165) is 24.0 Å². The molecule has 0 heterocycles. The second-order valence-electron chi connectivity index (χ2n) is 6.91. The molecule has 3 rings (SSSR count). The summed E-state index contributed by atoms with van der Waals surface area (Å²) in [6.45, 7) is 1.76. The summed E-state index contributed by atoms with van der Waals surface area (Å²) in [5, 5.41) is 3.00. The topological polar surface area (TPSA) is 38.3 Å². The van der Waals surface area contributed by atoms with Crippen LogP contribution in [0.15, 0.2) is 84.9 Å². The van der Waals surface area contributed by atoms with Crippen LogP contribution in [-0.2, 0) is 35.7 Å². The number of ether oxygens (including phenoxy) is 1. The Morgan fingerprint density at radius 2 is 1.21 bits per heavy atom. The Balaban J connectivity index is 1.33. The minimum Gasteiger partial charge on any atom is -0.372 e. The molecule has 1 N–H and O–H groups in total. The molecule has 3 aromatic carbocycles. The molecule has 0 atom stereocenters. The van der Waals surface area contributed by atoms with Gasteiger partial charge in [-0.15, -0.1) is 0 Å². The molecular formula is C25H27NO2. The van der Waals surface area contributed by atoms with Gasteiger partial charge in [-0.05, 0) is 35.1 Å². The number of amides is 1. The number of nitrogens with one attached hydrogen (secondary N) is 1. The molecule has 0 spiro atoms. The van der Waals surface area contributed by atoms with Crippen molar-refractivity contribution >= 4 is 5.91 Å². The average Bonchev–Trinajstić information content (AvgIpc) is 2.75. The summed E-state index contributed by atoms with van der Waals surface area (Å²) in [4.78, 5) is 12.0. The van der Waals surface area contributed by atoms with Gasteiger partial charge in [-0.2, -0.15) is 0 Å². The first kappa shape index (κ1) is 19.8. The smallest absolute Gasteiger partial charge is 0.220 e. The van der Waals surface area contributed by atoms with E-state index in [1.54, 1.807) is 0 Å². The molecule has 144 valence electrons. The van der Waals surface area contributed by atoms with Crippen LogP contribution >= 0.6 is 0 Å². The van der Waals surface area contributed by atoms with Crippen molar-refractivity contribution in [1.29, 1.82) is 0 Å². The monoisotopic (exact) mass is 373 g/mol. The molecule has 3 heteroatoms. The lowest BCUT2D eigenvalue weighted by molar-refractivity contribution is -0.121. The largest absolute Gasteiger partial charge is 0.372 e. The van der Waals surface area contributed by atoms with E-state index < -0.39 is 0 Å². The Labute approximate surface area is 167 Å². The van der Waals surface area contributed by atoms with Crippen LogP contribution in [0.4, 0.5) is 0 Å². The molecule has 0 aliphatic carbocycles. The van der Waals surface area contributed by atoms with Gasteiger partial charge < -0.3 is 10.1 Å². The predicted molar refractivity (Wildman–Crippen MR) is 113 cm³/mol. The number of hydrogen-bond donors (Lipinski definition) is 1. The summed E-state index contributed by atoms with van der Waals surface area (Å²) in [5.74, 6) is 0.103. The number of benzene rings is 3. The van der Waals surface area contributed by atoms with Gasteiger partial charge in [0.1, 0.15) is 0 Å². The van der Waals surface area contributed by atoms with Crippen LogP contribution in [0.1, 0.15) is 35.1 Å². The van der Waals surface area contributed by atoms with E-state index in [0.29, 0.717) is 26.2 Å². The molecule has 0 fully saturated rings. The number of aryl methyl sites for hydroxylation is 1. The Hall–Kier alpha value is -2.91. The maximum atomic E-state index is 12.0. The van der Waals surface area contributed by atoms with E-state index in [2.05, 4.69) is 41.7 Å². The summed E-state index contributed by atoms with van der Waals surface area (Å²) in [6.07, 6.45) is 2.36. The van der Waals surface area contributed by atoms with Gasteiger partial charge in [-0.25, -0.2) is 0 Å². The molecule has 0 aliphatic rings. The number of carbonyl (C=O) groups is 1. The van der Waals surface area contributed by atoms with Crippen LogP contribution < -0.4 is 5.32 Å². The van der Waals surface area contributed by atoms with Gasteiger partial charge in [0.15, 0.2) is 0 Å². The maximum absolute atomic E-state index is 12.0. The predicted octanol–water partition coefficient (Wildman–Crippen LogP) is 5.04. The molecule has 3 nitrogen and oxygen atoms in total. The first-order chi connectivity index (χ1) is 13.8. The number of carbonyl (C=O) groups excluding carboxylic acids is 1. The van der Waals surface area contributed by atoms with Crippen LogP contribution in [-0.4, -0.2) is 5.91 Å². The molecule has 0 radical (unpaired) electrons. The third-order valence-corrected chi connectivity index (χ3v) is 4.61. The summed E-state index contributed by atoms with van der Waals surface area (Å²) >= 11 is 0. The van der Waals surface area contributed by atoms with Crippen molar-refractivity contribution in [2.45, 2.75) is 39.0 Å². The van der Waals surface area contributed by atoms with Gasteiger partial charge in [-0.3, -0.25) is 4.79 Å². The minimum atomic E-state index is 0.103. The molecule has 28 heavy (non-hydrogen) atoms. The molecule has 0 aromatic heterocycles. The van der Waals surface area contributed by atoms with E-state index >= 15 is 0 Å². The number of hydrogen-bond acceptors (Lipinski definition) is 2. The van der Waals surface area contributed by atoms with Crippen LogP contribution in [0.2, 0.25) is 0 Å². The summed E-state index contributed by atoms with van der Waals surface area (Å²) in [5.41, 5.74) is 4.69. The zero-order valence-corrected chi connectivity index (χ0v) is 16.1. The fourth-order valence-corrected chi connectivity index (χ4v) is 3.00. The van der Waals surface area contributed by atoms with Crippen LogP contribution in [0.25, 0.3) is 0 Å². The molecule has 1 amide bonds. The van der Waals surface area contributed by atoms with Crippen molar-refractivity contribution in [3.05, 3.63) is 107 Å². The van der Waals surface area contributed by atoms with Crippen molar-refractivity contribution in [1.82, 2.24) is 5.32 Å². The fourth-order valence-electron chi connectivity index (χ4n) is 3.00. The third-order valence-electron chi connectivity index (χ3n) is 4.61. The van der Waals surface area contributed by atoms with Gasteiger partial charge in [0, 0.05) is 13.0 Å². The Morgan fingerprint density at radius 1 is 0.679 bits per heavy atom. The van der Waals surface area contributed by atoms with Gasteiger partial charge in [0.25, 0.3) is 0 Å². The molecule has 0 unspecified atom stereocenters. The Kier molecular flexibility index (Phi) is 7.83. The van der Waals surface area contributed by atoms with Crippen molar-refractivity contribution in [2.24, 2.45) is 0 Å². The highest BCUT2D eigenvalue weighted by Crippen LogP contribution is 2.09. The number of rotatable bonds is 10. The highest BCUT2D eigenvalue weighted by molar-refractivity contribution is 5.75. The second kappa shape index (κ2) is 11.1. The van der Waals surface area contributed by atoms with E-state index in [9.17, 15) is 4.79 Å². The fraction of sp³-hybridized carbons (Fsp3) is 0.240. The lowest BCUT2D eigenvalue weighted by Crippen LogP contribution is -2.22. The maximum Gasteiger partial charge on any atom is 0.220 e. The van der Waals surface area contributed by atoms with Crippen molar-refractivity contribution in [3.63, 3.8) is 0 Å². The third kappa shape index (κ3) is 7.01. The van der Waals surface area contributed by atoms with Crippen molar-refractivity contribution in [3.8, 4) is 0 Å². The quantitative estimate of drug-likeness (QED) is 0.540. The van der Waals surface area contributed by atoms with Gasteiger partial charge in [0.05, 0.1) is 13.2 Å². The lowest BCUT2D eigenvalue weighted by atomic mass is 10.1. The molecule has 3 aromatic rings. The zero-order valence-electron chi connectivity index (χ0n) is 16.1. The standard InChI is InChI=1S/C25H27NO2/c27-25(13-7-12-21-8-3-1-4-9-21)26-18-22-14-16-24(17-15-22)20-28-19-23-10-5-2-6-11-23/h1-6,8-11,14-17H,7,12-13,18-20H2,(H,26,27). The average molecular weight is 373 g/mol. The van der Waals surface area contributed by atoms with Gasteiger partial charge in [0.2, 0.25) is 5.91 Å². The minimum absolute atomic E-state index is 0.103. The van der Waals surface area contributed by atoms with Crippen molar-refractivity contribution in [2.75, 3.05) is 0 Å². The van der Waals surface area contributed by atoms with E-state index in [1.165, 1.54) is 11.1 Å². The molecule has 0 aliphatic heterocycles. The van der Waals surface area contributed by atoms with Crippen LogP contribution in [0.5, 0.6) is 0 Å². The highest BCUT2D eigenvalue weighted by Gasteiger charge is 2.02. The molecular weight excluding hydrogens is 346 g/mol. The zero-order chi connectivity index (χ0) is 19.4. The van der Waals surface area contributed by atoms with E-state index in [4.69, 9.17) is 4.74 Å². The first-order valence-corrected chi connectivity index (χ1v) is 9.80. The Morgan fingerprint density at radius 3 is 1.86 bits per heavy atom. The molecule has 0 bridgehead atoms. The van der Waals surface area contributed by atoms with Gasteiger partial charge in [-0.1, -0.05) is 84.9 Å². The normalized spacial score (nSPS) is 10.6. The highest BCUT2D eigenvalue weighted by atomic mass is 16.5. The summed E-state index contributed by atoms with van der Waals surface area (Å²) in [7, 11) is 0. The Bertz CT molecular complexity index is 829. The second-order valence-corrected chi connectivity index (χ2v) is 6.91. The summed E-state index contributed by atoms with van der Waals surface area (Å²) < 4.78 is 5.75. The SMILES string of the molecule is O=C(CCCc1ccccc1)NCc1ccc(COCc2ccccc2)cc1. The first-order valence-electron chi connectivity index (χ1n) is 9.80. The van der Waals surface area contributed by atoms with Crippen LogP contribution in [0, 0.1) is 0 Å². The lowest BCUT2D eigenvalue weighted by Gasteiger charge is -2.08. The van der Waals surface area contributed by atoms with Crippen LogP contribution in [0.3, 0.4) is 0 Å². The van der Waals surface area contributed by atoms with E-state index in [-0.39, 0.29) is 5.91 Å². The van der Waals surface area contributed by atoms with E-state index in [1.807, 2.05) is 48.5 Å².